The first-order chi connectivity index (χ1) is 7.40. The second-order valence-corrected chi connectivity index (χ2v) is 6.00. The summed E-state index contributed by atoms with van der Waals surface area (Å²) in [7, 11) is 0. The third-order valence-corrected chi connectivity index (χ3v) is 3.80. The number of nitrogens with one attached hydrogen (secondary N) is 1. The Bertz CT molecular complexity index is 244. The van der Waals surface area contributed by atoms with Crippen molar-refractivity contribution in [2.75, 3.05) is 12.8 Å². The van der Waals surface area contributed by atoms with Gasteiger partial charge in [-0.1, -0.05) is 33.0 Å². The summed E-state index contributed by atoms with van der Waals surface area (Å²) in [6, 6.07) is 0. The molecule has 94 valence electrons. The maximum atomic E-state index is 11.8. The van der Waals surface area contributed by atoms with Gasteiger partial charge in [-0.05, 0) is 18.6 Å². The molecule has 0 saturated carbocycles. The smallest absolute Gasteiger partial charge is 0.230 e. The van der Waals surface area contributed by atoms with Crippen molar-refractivity contribution in [1.82, 2.24) is 5.32 Å². The van der Waals surface area contributed by atoms with Crippen LogP contribution in [-0.4, -0.2) is 28.9 Å². The summed E-state index contributed by atoms with van der Waals surface area (Å²) in [6.45, 7) is 6.73. The Morgan fingerprint density at radius 2 is 2.00 bits per heavy atom. The van der Waals surface area contributed by atoms with E-state index in [2.05, 4.69) is 18.5 Å². The zero-order valence-electron chi connectivity index (χ0n) is 10.4. The molecule has 0 spiro atoms. The third-order valence-electron chi connectivity index (χ3n) is 2.51. The summed E-state index contributed by atoms with van der Waals surface area (Å²) in [5.41, 5.74) is 5.56. The predicted octanol–water partition coefficient (Wildman–Crippen LogP) is 1.80. The fourth-order valence-corrected chi connectivity index (χ4v) is 2.12. The highest BCUT2D eigenvalue weighted by Gasteiger charge is 2.24. The van der Waals surface area contributed by atoms with Gasteiger partial charge in [0.25, 0.3) is 0 Å². The molecule has 0 heterocycles. The molecule has 0 aliphatic carbocycles. The number of thiocarbonyl (C=S) groups is 1. The standard InChI is InChI=1S/C11H22N2OS2/c1-7(2)9(10(12)15)11(14)13-6-5-8(3)16-4/h7-9H,5-6H2,1-4H3,(H2,12,15)(H,13,14). The lowest BCUT2D eigenvalue weighted by Crippen LogP contribution is -2.41. The zero-order valence-corrected chi connectivity index (χ0v) is 12.1. The van der Waals surface area contributed by atoms with Gasteiger partial charge in [-0.25, -0.2) is 0 Å². The van der Waals surface area contributed by atoms with Crippen LogP contribution in [0.25, 0.3) is 0 Å². The van der Waals surface area contributed by atoms with Crippen LogP contribution in [0.15, 0.2) is 0 Å². The number of thioether (sulfide) groups is 1. The highest BCUT2D eigenvalue weighted by atomic mass is 32.2. The molecule has 0 fully saturated rings. The first-order valence-electron chi connectivity index (χ1n) is 5.50. The van der Waals surface area contributed by atoms with E-state index in [9.17, 15) is 4.79 Å². The minimum Gasteiger partial charge on any atom is -0.393 e. The van der Waals surface area contributed by atoms with E-state index in [1.165, 1.54) is 0 Å². The van der Waals surface area contributed by atoms with Crippen LogP contribution in [0.5, 0.6) is 0 Å². The molecule has 0 aromatic carbocycles. The minimum atomic E-state index is -0.348. The molecule has 16 heavy (non-hydrogen) atoms. The van der Waals surface area contributed by atoms with Crippen molar-refractivity contribution in [3.8, 4) is 0 Å². The molecule has 1 amide bonds. The maximum Gasteiger partial charge on any atom is 0.230 e. The van der Waals surface area contributed by atoms with Crippen LogP contribution in [0.2, 0.25) is 0 Å². The number of nitrogens with two attached hydrogens (primary N) is 1. The summed E-state index contributed by atoms with van der Waals surface area (Å²) >= 11 is 6.70. The third kappa shape index (κ3) is 5.70. The summed E-state index contributed by atoms with van der Waals surface area (Å²) in [6.07, 6.45) is 3.04. The van der Waals surface area contributed by atoms with Crippen molar-refractivity contribution < 1.29 is 4.79 Å². The summed E-state index contributed by atoms with van der Waals surface area (Å²) in [4.78, 5) is 12.1. The molecule has 0 aliphatic heterocycles. The molecule has 0 aromatic rings. The summed E-state index contributed by atoms with van der Waals surface area (Å²) in [5.74, 6) is -0.245. The van der Waals surface area contributed by atoms with Gasteiger partial charge in [-0.3, -0.25) is 4.79 Å². The molecule has 0 aliphatic rings. The topological polar surface area (TPSA) is 55.1 Å². The quantitative estimate of drug-likeness (QED) is 0.687. The van der Waals surface area contributed by atoms with Gasteiger partial charge in [-0.2, -0.15) is 11.8 Å². The maximum absolute atomic E-state index is 11.8. The second-order valence-electron chi connectivity index (χ2n) is 4.25. The van der Waals surface area contributed by atoms with Gasteiger partial charge >= 0.3 is 0 Å². The number of hydrogen-bond acceptors (Lipinski definition) is 3. The predicted molar refractivity (Wildman–Crippen MR) is 75.7 cm³/mol. The summed E-state index contributed by atoms with van der Waals surface area (Å²) in [5, 5.41) is 3.45. The number of hydrogen-bond donors (Lipinski definition) is 2. The zero-order chi connectivity index (χ0) is 12.7. The molecule has 3 N–H and O–H groups in total. The highest BCUT2D eigenvalue weighted by Crippen LogP contribution is 2.12. The van der Waals surface area contributed by atoms with E-state index in [0.717, 1.165) is 6.42 Å². The molecule has 0 saturated heterocycles. The minimum absolute atomic E-state index is 0.0456. The Balaban J connectivity index is 4.08. The van der Waals surface area contributed by atoms with Gasteiger partial charge in [0.2, 0.25) is 5.91 Å². The normalized spacial score (nSPS) is 14.6. The summed E-state index contributed by atoms with van der Waals surface area (Å²) < 4.78 is 0. The Morgan fingerprint density at radius 3 is 2.38 bits per heavy atom. The lowest BCUT2D eigenvalue weighted by molar-refractivity contribution is -0.123. The van der Waals surface area contributed by atoms with E-state index in [1.54, 1.807) is 11.8 Å². The van der Waals surface area contributed by atoms with E-state index in [-0.39, 0.29) is 22.7 Å². The molecule has 0 radical (unpaired) electrons. The Morgan fingerprint density at radius 1 is 1.44 bits per heavy atom. The van der Waals surface area contributed by atoms with Crippen molar-refractivity contribution in [1.29, 1.82) is 0 Å². The van der Waals surface area contributed by atoms with Crippen LogP contribution in [0.1, 0.15) is 27.2 Å². The van der Waals surface area contributed by atoms with Gasteiger partial charge in [-0.15, -0.1) is 0 Å². The van der Waals surface area contributed by atoms with Crippen molar-refractivity contribution in [2.24, 2.45) is 17.6 Å². The molecular weight excluding hydrogens is 240 g/mol. The number of rotatable bonds is 7. The number of amides is 1. The number of carbonyl (C=O) groups is 1. The first-order valence-corrected chi connectivity index (χ1v) is 7.19. The molecule has 5 heteroatoms. The highest BCUT2D eigenvalue weighted by molar-refractivity contribution is 7.99. The van der Waals surface area contributed by atoms with Crippen molar-refractivity contribution in [3.05, 3.63) is 0 Å². The molecule has 2 atom stereocenters. The molecule has 0 aromatic heterocycles. The lowest BCUT2D eigenvalue weighted by atomic mass is 9.95. The van der Waals surface area contributed by atoms with Gasteiger partial charge in [0, 0.05) is 11.8 Å². The largest absolute Gasteiger partial charge is 0.393 e. The van der Waals surface area contributed by atoms with Crippen LogP contribution < -0.4 is 11.1 Å². The van der Waals surface area contributed by atoms with Crippen LogP contribution in [0.4, 0.5) is 0 Å². The van der Waals surface area contributed by atoms with Gasteiger partial charge in [0.15, 0.2) is 0 Å². The average molecular weight is 262 g/mol. The molecule has 2 unspecified atom stereocenters. The van der Waals surface area contributed by atoms with E-state index < -0.39 is 0 Å². The van der Waals surface area contributed by atoms with Crippen LogP contribution in [-0.2, 0) is 4.79 Å². The van der Waals surface area contributed by atoms with E-state index in [0.29, 0.717) is 11.8 Å². The van der Waals surface area contributed by atoms with Crippen LogP contribution >= 0.6 is 24.0 Å². The molecule has 0 bridgehead atoms. The van der Waals surface area contributed by atoms with Crippen molar-refractivity contribution in [3.63, 3.8) is 0 Å². The van der Waals surface area contributed by atoms with Crippen LogP contribution in [0, 0.1) is 11.8 Å². The monoisotopic (exact) mass is 262 g/mol. The fraction of sp³-hybridized carbons (Fsp3) is 0.818. The van der Waals surface area contributed by atoms with Gasteiger partial charge < -0.3 is 11.1 Å². The molecule has 3 nitrogen and oxygen atoms in total. The second kappa shape index (κ2) is 7.90. The van der Waals surface area contributed by atoms with E-state index in [1.807, 2.05) is 13.8 Å². The molecular formula is C11H22N2OS2. The van der Waals surface area contributed by atoms with Gasteiger partial charge in [0.05, 0.1) is 10.9 Å². The van der Waals surface area contributed by atoms with Crippen LogP contribution in [0.3, 0.4) is 0 Å². The Labute approximate surface area is 108 Å². The van der Waals surface area contributed by atoms with Crippen molar-refractivity contribution in [2.45, 2.75) is 32.4 Å². The number of carbonyl (C=O) groups excluding carboxylic acids is 1. The Kier molecular flexibility index (Phi) is 7.76. The Hall–Kier alpha value is -0.290. The average Bonchev–Trinajstić information content (AvgIpc) is 2.16. The van der Waals surface area contributed by atoms with E-state index >= 15 is 0 Å². The van der Waals surface area contributed by atoms with Crippen molar-refractivity contribution >= 4 is 34.9 Å². The SMILES string of the molecule is CSC(C)CCNC(=O)C(C(N)=S)C(C)C. The van der Waals surface area contributed by atoms with Gasteiger partial charge in [0.1, 0.15) is 0 Å². The first kappa shape index (κ1) is 15.7. The lowest BCUT2D eigenvalue weighted by Gasteiger charge is -2.19. The molecule has 0 rings (SSSR count). The van der Waals surface area contributed by atoms with E-state index in [4.69, 9.17) is 18.0 Å². The fourth-order valence-electron chi connectivity index (χ4n) is 1.39.